The van der Waals surface area contributed by atoms with E-state index in [1.165, 1.54) is 26.7 Å². The highest BCUT2D eigenvalue weighted by Gasteiger charge is 2.30. The number of carbonyl (C=O) groups excluding carboxylic acids is 1. The van der Waals surface area contributed by atoms with E-state index in [-0.39, 0.29) is 11.9 Å². The molecule has 0 saturated carbocycles. The third-order valence-corrected chi connectivity index (χ3v) is 7.29. The van der Waals surface area contributed by atoms with Crippen molar-refractivity contribution in [1.82, 2.24) is 4.90 Å². The van der Waals surface area contributed by atoms with Crippen LogP contribution in [0.5, 0.6) is 0 Å². The van der Waals surface area contributed by atoms with Gasteiger partial charge in [0.15, 0.2) is 0 Å². The SMILES string of the molecule is N#Cc1ccsc1NC(=O)CCN1CCc2sccc2C1c1cccs1. The van der Waals surface area contributed by atoms with Gasteiger partial charge < -0.3 is 5.32 Å². The van der Waals surface area contributed by atoms with Gasteiger partial charge in [0.05, 0.1) is 11.6 Å². The van der Waals surface area contributed by atoms with Crippen LogP contribution in [0.3, 0.4) is 0 Å². The molecular weight excluding hydrogens is 382 g/mol. The number of anilines is 1. The molecule has 1 amide bonds. The molecule has 0 aliphatic carbocycles. The van der Waals surface area contributed by atoms with E-state index < -0.39 is 0 Å². The van der Waals surface area contributed by atoms with Crippen molar-refractivity contribution in [2.75, 3.05) is 18.4 Å². The number of rotatable bonds is 5. The van der Waals surface area contributed by atoms with Crippen LogP contribution in [0, 0.1) is 11.3 Å². The Morgan fingerprint density at radius 3 is 2.92 bits per heavy atom. The molecular formula is C19H17N3OS3. The average molecular weight is 400 g/mol. The minimum absolute atomic E-state index is 0.0370. The Bertz CT molecular complexity index is 936. The van der Waals surface area contributed by atoms with Gasteiger partial charge in [-0.2, -0.15) is 5.26 Å². The van der Waals surface area contributed by atoms with E-state index in [4.69, 9.17) is 5.26 Å². The minimum Gasteiger partial charge on any atom is -0.317 e. The summed E-state index contributed by atoms with van der Waals surface area (Å²) in [5.74, 6) is -0.0370. The van der Waals surface area contributed by atoms with Gasteiger partial charge in [-0.05, 0) is 46.3 Å². The molecule has 1 N–H and O–H groups in total. The predicted molar refractivity (Wildman–Crippen MR) is 108 cm³/mol. The summed E-state index contributed by atoms with van der Waals surface area (Å²) in [5, 5.41) is 18.7. The number of fused-ring (bicyclic) bond motifs is 1. The zero-order valence-electron chi connectivity index (χ0n) is 14.0. The number of hydrogen-bond acceptors (Lipinski definition) is 6. The van der Waals surface area contributed by atoms with Crippen molar-refractivity contribution in [3.05, 3.63) is 61.3 Å². The largest absolute Gasteiger partial charge is 0.317 e. The Morgan fingerprint density at radius 1 is 1.23 bits per heavy atom. The molecule has 0 saturated heterocycles. The smallest absolute Gasteiger partial charge is 0.226 e. The van der Waals surface area contributed by atoms with Crippen molar-refractivity contribution in [1.29, 1.82) is 5.26 Å². The van der Waals surface area contributed by atoms with Crippen LogP contribution in [0.2, 0.25) is 0 Å². The first-order chi connectivity index (χ1) is 12.8. The lowest BCUT2D eigenvalue weighted by Gasteiger charge is -2.35. The van der Waals surface area contributed by atoms with Crippen molar-refractivity contribution < 1.29 is 4.79 Å². The molecule has 1 aliphatic heterocycles. The fourth-order valence-corrected chi connectivity index (χ4v) is 5.85. The monoisotopic (exact) mass is 399 g/mol. The van der Waals surface area contributed by atoms with Crippen molar-refractivity contribution in [2.24, 2.45) is 0 Å². The maximum atomic E-state index is 12.4. The van der Waals surface area contributed by atoms with E-state index in [9.17, 15) is 4.79 Å². The molecule has 7 heteroatoms. The first-order valence-corrected chi connectivity index (χ1v) is 11.0. The summed E-state index contributed by atoms with van der Waals surface area (Å²) < 4.78 is 0. The molecule has 4 nitrogen and oxygen atoms in total. The highest BCUT2D eigenvalue weighted by molar-refractivity contribution is 7.14. The quantitative estimate of drug-likeness (QED) is 0.675. The molecule has 3 aromatic rings. The van der Waals surface area contributed by atoms with Crippen molar-refractivity contribution in [3.63, 3.8) is 0 Å². The first kappa shape index (κ1) is 17.4. The zero-order chi connectivity index (χ0) is 17.9. The molecule has 1 atom stereocenters. The topological polar surface area (TPSA) is 56.1 Å². The summed E-state index contributed by atoms with van der Waals surface area (Å²) in [6.45, 7) is 1.67. The second-order valence-electron chi connectivity index (χ2n) is 6.08. The third kappa shape index (κ3) is 3.46. The lowest BCUT2D eigenvalue weighted by atomic mass is 9.98. The normalized spacial score (nSPS) is 16.8. The van der Waals surface area contributed by atoms with Gasteiger partial charge in [-0.1, -0.05) is 6.07 Å². The molecule has 3 aromatic heterocycles. The molecule has 0 bridgehead atoms. The van der Waals surface area contributed by atoms with E-state index in [0.29, 0.717) is 23.5 Å². The maximum Gasteiger partial charge on any atom is 0.226 e. The number of amides is 1. The summed E-state index contributed by atoms with van der Waals surface area (Å²) in [6, 6.07) is 10.6. The van der Waals surface area contributed by atoms with E-state index in [2.05, 4.69) is 45.2 Å². The highest BCUT2D eigenvalue weighted by Crippen LogP contribution is 2.39. The zero-order valence-corrected chi connectivity index (χ0v) is 16.4. The second-order valence-corrected chi connectivity index (χ2v) is 8.97. The van der Waals surface area contributed by atoms with Gasteiger partial charge in [0.1, 0.15) is 11.1 Å². The second kappa shape index (κ2) is 7.72. The Labute approximate surface area is 164 Å². The van der Waals surface area contributed by atoms with E-state index in [1.54, 1.807) is 17.4 Å². The van der Waals surface area contributed by atoms with Gasteiger partial charge in [-0.15, -0.1) is 34.0 Å². The van der Waals surface area contributed by atoms with Gasteiger partial charge in [0.2, 0.25) is 5.91 Å². The van der Waals surface area contributed by atoms with Crippen LogP contribution in [0.4, 0.5) is 5.00 Å². The Morgan fingerprint density at radius 2 is 2.12 bits per heavy atom. The molecule has 0 spiro atoms. The maximum absolute atomic E-state index is 12.4. The molecule has 132 valence electrons. The molecule has 0 radical (unpaired) electrons. The predicted octanol–water partition coefficient (Wildman–Crippen LogP) is 4.72. The van der Waals surface area contributed by atoms with E-state index >= 15 is 0 Å². The van der Waals surface area contributed by atoms with Crippen LogP contribution >= 0.6 is 34.0 Å². The van der Waals surface area contributed by atoms with Gasteiger partial charge in [-0.25, -0.2) is 0 Å². The summed E-state index contributed by atoms with van der Waals surface area (Å²) in [7, 11) is 0. The van der Waals surface area contributed by atoms with Gasteiger partial charge >= 0.3 is 0 Å². The van der Waals surface area contributed by atoms with Crippen LogP contribution in [0.25, 0.3) is 0 Å². The van der Waals surface area contributed by atoms with Gasteiger partial charge in [0.25, 0.3) is 0 Å². The number of carbonyl (C=O) groups is 1. The standard InChI is InChI=1S/C19H17N3OS3/c20-12-13-5-10-26-19(13)21-17(23)4-8-22-7-3-15-14(6-11-25-15)18(22)16-2-1-9-24-16/h1-2,5-6,9-11,18H,3-4,7-8H2,(H,21,23). The first-order valence-electron chi connectivity index (χ1n) is 8.37. The van der Waals surface area contributed by atoms with Crippen LogP contribution < -0.4 is 5.32 Å². The lowest BCUT2D eigenvalue weighted by Crippen LogP contribution is -2.37. The molecule has 4 rings (SSSR count). The average Bonchev–Trinajstić information content (AvgIpc) is 3.40. The Kier molecular flexibility index (Phi) is 5.18. The minimum atomic E-state index is -0.0370. The molecule has 0 fully saturated rings. The van der Waals surface area contributed by atoms with E-state index in [0.717, 1.165) is 13.0 Å². The lowest BCUT2D eigenvalue weighted by molar-refractivity contribution is -0.116. The van der Waals surface area contributed by atoms with Crippen LogP contribution in [-0.2, 0) is 11.2 Å². The number of nitriles is 1. The molecule has 4 heterocycles. The molecule has 1 unspecified atom stereocenters. The van der Waals surface area contributed by atoms with Gasteiger partial charge in [0, 0.05) is 29.3 Å². The Hall–Kier alpha value is -1.98. The van der Waals surface area contributed by atoms with Gasteiger partial charge in [-0.3, -0.25) is 9.69 Å². The summed E-state index contributed by atoms with van der Waals surface area (Å²) in [4.78, 5) is 17.6. The number of hydrogen-bond donors (Lipinski definition) is 1. The fourth-order valence-electron chi connectivity index (χ4n) is 3.32. The number of nitrogens with zero attached hydrogens (tertiary/aromatic N) is 2. The van der Waals surface area contributed by atoms with E-state index in [1.807, 2.05) is 16.7 Å². The van der Waals surface area contributed by atoms with Crippen molar-refractivity contribution in [3.8, 4) is 6.07 Å². The molecule has 0 aromatic carbocycles. The summed E-state index contributed by atoms with van der Waals surface area (Å²) in [5.41, 5.74) is 1.91. The third-order valence-electron chi connectivity index (χ3n) is 4.54. The number of thiophene rings is 3. The van der Waals surface area contributed by atoms with Crippen LogP contribution in [0.15, 0.2) is 40.4 Å². The van der Waals surface area contributed by atoms with Crippen molar-refractivity contribution in [2.45, 2.75) is 18.9 Å². The summed E-state index contributed by atoms with van der Waals surface area (Å²) >= 11 is 4.99. The van der Waals surface area contributed by atoms with Crippen LogP contribution in [0.1, 0.15) is 33.3 Å². The molecule has 1 aliphatic rings. The Balaban J connectivity index is 1.45. The highest BCUT2D eigenvalue weighted by atomic mass is 32.1. The van der Waals surface area contributed by atoms with Crippen LogP contribution in [-0.4, -0.2) is 23.9 Å². The van der Waals surface area contributed by atoms with Crippen molar-refractivity contribution >= 4 is 44.9 Å². The fraction of sp³-hybridized carbons (Fsp3) is 0.263. The molecule has 26 heavy (non-hydrogen) atoms. The summed E-state index contributed by atoms with van der Waals surface area (Å²) in [6.07, 6.45) is 1.46. The number of nitrogens with one attached hydrogen (secondary N) is 1.